The average Bonchev–Trinajstić information content (AvgIpc) is 2.95. The van der Waals surface area contributed by atoms with Crippen LogP contribution in [0.3, 0.4) is 0 Å². The summed E-state index contributed by atoms with van der Waals surface area (Å²) in [5.41, 5.74) is -4.00. The molecule has 1 aromatic heterocycles. The molecule has 4 N–H and O–H groups in total. The largest absolute Gasteiger partial charge is 0.516 e. The number of hydrogen-bond acceptors (Lipinski definition) is 4. The standard InChI is InChI=1S/C19H16F3N3O5S/c1-10-14(9-17(26)24-12-4-2-3-11(7-12)18(27)28)15-8-13(5-6-16(15)23-10)25-31(29,30)19(20,21)22/h2-8,23,25H,9H2,1H3,(H,24,26)(H,27,28). The Morgan fingerprint density at radius 2 is 1.81 bits per heavy atom. The van der Waals surface area contributed by atoms with Gasteiger partial charge in [0, 0.05) is 28.0 Å². The van der Waals surface area contributed by atoms with Gasteiger partial charge in [0.1, 0.15) is 0 Å². The number of aryl methyl sites for hydroxylation is 1. The molecule has 0 spiro atoms. The number of rotatable bonds is 6. The number of anilines is 2. The number of carbonyl (C=O) groups is 2. The molecule has 0 aliphatic carbocycles. The van der Waals surface area contributed by atoms with Crippen LogP contribution in [0.15, 0.2) is 42.5 Å². The van der Waals surface area contributed by atoms with Gasteiger partial charge in [0.05, 0.1) is 12.0 Å². The second-order valence-electron chi connectivity index (χ2n) is 6.65. The van der Waals surface area contributed by atoms with Crippen molar-refractivity contribution in [2.45, 2.75) is 18.9 Å². The molecule has 1 amide bonds. The van der Waals surface area contributed by atoms with Gasteiger partial charge in [-0.05, 0) is 48.9 Å². The van der Waals surface area contributed by atoms with Crippen LogP contribution in [0, 0.1) is 6.92 Å². The fourth-order valence-electron chi connectivity index (χ4n) is 2.98. The monoisotopic (exact) mass is 455 g/mol. The summed E-state index contributed by atoms with van der Waals surface area (Å²) in [6.45, 7) is 1.66. The van der Waals surface area contributed by atoms with E-state index < -0.39 is 27.4 Å². The third kappa shape index (κ3) is 4.79. The number of amides is 1. The maximum absolute atomic E-state index is 12.6. The number of aromatic nitrogens is 1. The van der Waals surface area contributed by atoms with Crippen molar-refractivity contribution in [2.24, 2.45) is 0 Å². The molecular weight excluding hydrogens is 439 g/mol. The Hall–Kier alpha value is -3.54. The summed E-state index contributed by atoms with van der Waals surface area (Å²) in [6.07, 6.45) is -0.182. The topological polar surface area (TPSA) is 128 Å². The van der Waals surface area contributed by atoms with E-state index in [1.54, 1.807) is 6.92 Å². The molecule has 0 unspecified atom stereocenters. The normalized spacial score (nSPS) is 12.0. The van der Waals surface area contributed by atoms with Crippen molar-refractivity contribution >= 4 is 44.2 Å². The summed E-state index contributed by atoms with van der Waals surface area (Å²) >= 11 is 0. The molecule has 8 nitrogen and oxygen atoms in total. The number of hydrogen-bond donors (Lipinski definition) is 4. The lowest BCUT2D eigenvalue weighted by atomic mass is 10.1. The third-order valence-corrected chi connectivity index (χ3v) is 5.52. The molecule has 0 radical (unpaired) electrons. The number of aromatic carboxylic acids is 1. The number of fused-ring (bicyclic) bond motifs is 1. The summed E-state index contributed by atoms with van der Waals surface area (Å²) in [7, 11) is -5.59. The molecule has 0 bridgehead atoms. The molecule has 2 aromatic carbocycles. The van der Waals surface area contributed by atoms with E-state index in [-0.39, 0.29) is 23.4 Å². The Bertz CT molecular complexity index is 1280. The van der Waals surface area contributed by atoms with Gasteiger partial charge in [-0.25, -0.2) is 4.79 Å². The molecule has 3 aromatic rings. The second kappa shape index (κ2) is 7.95. The highest BCUT2D eigenvalue weighted by Crippen LogP contribution is 2.29. The van der Waals surface area contributed by atoms with E-state index in [0.717, 1.165) is 0 Å². The molecule has 1 heterocycles. The van der Waals surface area contributed by atoms with Crippen LogP contribution in [-0.4, -0.2) is 35.9 Å². The van der Waals surface area contributed by atoms with Crippen molar-refractivity contribution in [3.8, 4) is 0 Å². The van der Waals surface area contributed by atoms with E-state index in [1.165, 1.54) is 47.2 Å². The fourth-order valence-corrected chi connectivity index (χ4v) is 3.54. The van der Waals surface area contributed by atoms with E-state index >= 15 is 0 Å². The summed E-state index contributed by atoms with van der Waals surface area (Å²) in [6, 6.07) is 9.40. The predicted molar refractivity (Wildman–Crippen MR) is 107 cm³/mol. The summed E-state index contributed by atoms with van der Waals surface area (Å²) in [5.74, 6) is -1.65. The number of carboxylic acids is 1. The minimum absolute atomic E-state index is 0.0114. The lowest BCUT2D eigenvalue weighted by Gasteiger charge is -2.11. The first kappa shape index (κ1) is 22.2. The lowest BCUT2D eigenvalue weighted by Crippen LogP contribution is -2.29. The SMILES string of the molecule is Cc1[nH]c2ccc(NS(=O)(=O)C(F)(F)F)cc2c1CC(=O)Nc1cccc(C(=O)O)c1. The summed E-state index contributed by atoms with van der Waals surface area (Å²) in [4.78, 5) is 26.5. The number of H-pyrrole nitrogens is 1. The maximum Gasteiger partial charge on any atom is 0.516 e. The molecular formula is C19H16F3N3O5S. The third-order valence-electron chi connectivity index (χ3n) is 4.41. The van der Waals surface area contributed by atoms with Crippen molar-refractivity contribution in [1.29, 1.82) is 0 Å². The molecule has 0 saturated carbocycles. The number of halogens is 3. The first-order valence-electron chi connectivity index (χ1n) is 8.71. The van der Waals surface area contributed by atoms with Gasteiger partial charge in [0.2, 0.25) is 5.91 Å². The van der Waals surface area contributed by atoms with Crippen LogP contribution >= 0.6 is 0 Å². The van der Waals surface area contributed by atoms with E-state index in [2.05, 4.69) is 10.3 Å². The van der Waals surface area contributed by atoms with Gasteiger partial charge in [-0.15, -0.1) is 0 Å². The van der Waals surface area contributed by atoms with Crippen LogP contribution in [0.25, 0.3) is 10.9 Å². The lowest BCUT2D eigenvalue weighted by molar-refractivity contribution is -0.115. The molecule has 0 atom stereocenters. The fraction of sp³-hybridized carbons (Fsp3) is 0.158. The molecule has 0 aliphatic rings. The molecule has 0 aliphatic heterocycles. The highest BCUT2D eigenvalue weighted by Gasteiger charge is 2.46. The molecule has 12 heteroatoms. The molecule has 0 saturated heterocycles. The quantitative estimate of drug-likeness (QED) is 0.451. The van der Waals surface area contributed by atoms with Crippen molar-refractivity contribution in [1.82, 2.24) is 4.98 Å². The Morgan fingerprint density at radius 3 is 2.45 bits per heavy atom. The second-order valence-corrected chi connectivity index (χ2v) is 8.32. The number of carboxylic acid groups (broad SMARTS) is 1. The van der Waals surface area contributed by atoms with Gasteiger partial charge in [-0.2, -0.15) is 21.6 Å². The van der Waals surface area contributed by atoms with Crippen LogP contribution < -0.4 is 10.0 Å². The van der Waals surface area contributed by atoms with Crippen molar-refractivity contribution in [3.63, 3.8) is 0 Å². The van der Waals surface area contributed by atoms with Gasteiger partial charge in [-0.1, -0.05) is 6.07 Å². The Labute approximate surface area is 174 Å². The zero-order valence-corrected chi connectivity index (χ0v) is 16.7. The van der Waals surface area contributed by atoms with Crippen LogP contribution in [0.5, 0.6) is 0 Å². The van der Waals surface area contributed by atoms with Crippen molar-refractivity contribution < 1.29 is 36.3 Å². The van der Waals surface area contributed by atoms with Gasteiger partial charge < -0.3 is 15.4 Å². The minimum atomic E-state index is -5.59. The smallest absolute Gasteiger partial charge is 0.478 e. The Morgan fingerprint density at radius 1 is 1.10 bits per heavy atom. The average molecular weight is 455 g/mol. The summed E-state index contributed by atoms with van der Waals surface area (Å²) in [5, 5.41) is 12.0. The zero-order valence-electron chi connectivity index (χ0n) is 15.9. The highest BCUT2D eigenvalue weighted by molar-refractivity contribution is 7.93. The van der Waals surface area contributed by atoms with Crippen LogP contribution in [0.4, 0.5) is 24.5 Å². The molecule has 0 fully saturated rings. The Kier molecular flexibility index (Phi) is 5.68. The summed E-state index contributed by atoms with van der Waals surface area (Å²) < 4.78 is 62.1. The number of nitrogens with one attached hydrogen (secondary N) is 3. The number of aromatic amines is 1. The van der Waals surface area contributed by atoms with Crippen LogP contribution in [0.2, 0.25) is 0 Å². The van der Waals surface area contributed by atoms with Crippen LogP contribution in [0.1, 0.15) is 21.6 Å². The van der Waals surface area contributed by atoms with E-state index in [4.69, 9.17) is 5.11 Å². The Balaban J connectivity index is 1.86. The molecule has 164 valence electrons. The number of benzene rings is 2. The molecule has 3 rings (SSSR count). The number of sulfonamides is 1. The maximum atomic E-state index is 12.6. The van der Waals surface area contributed by atoms with Gasteiger partial charge in [-0.3, -0.25) is 9.52 Å². The van der Waals surface area contributed by atoms with Crippen molar-refractivity contribution in [2.75, 3.05) is 10.0 Å². The van der Waals surface area contributed by atoms with Gasteiger partial charge in [0.15, 0.2) is 0 Å². The van der Waals surface area contributed by atoms with Gasteiger partial charge >= 0.3 is 21.5 Å². The van der Waals surface area contributed by atoms with Crippen LogP contribution in [-0.2, 0) is 21.2 Å². The van der Waals surface area contributed by atoms with E-state index in [9.17, 15) is 31.2 Å². The minimum Gasteiger partial charge on any atom is -0.478 e. The first-order chi connectivity index (χ1) is 14.4. The predicted octanol–water partition coefficient (Wildman–Crippen LogP) is 3.62. The van der Waals surface area contributed by atoms with E-state index in [0.29, 0.717) is 22.2 Å². The number of alkyl halides is 3. The highest BCUT2D eigenvalue weighted by atomic mass is 32.2. The first-order valence-corrected chi connectivity index (χ1v) is 10.2. The molecule has 31 heavy (non-hydrogen) atoms. The van der Waals surface area contributed by atoms with Gasteiger partial charge in [0.25, 0.3) is 0 Å². The van der Waals surface area contributed by atoms with E-state index in [1.807, 2.05) is 0 Å². The van der Waals surface area contributed by atoms with Crippen molar-refractivity contribution in [3.05, 3.63) is 59.3 Å². The number of carbonyl (C=O) groups excluding carboxylic acids is 1. The zero-order chi connectivity index (χ0) is 23.0.